The van der Waals surface area contributed by atoms with Crippen LogP contribution in [0.1, 0.15) is 19.3 Å². The fraction of sp³-hybridized carbons (Fsp3) is 0.722. The number of hydrogen-bond donors (Lipinski definition) is 3. The Morgan fingerprint density at radius 2 is 1.03 bits per heavy atom. The first kappa shape index (κ1) is 28.4. The topological polar surface area (TPSA) is 128 Å². The maximum Gasteiger partial charge on any atom is 0.336 e. The molecule has 1 aromatic heterocycles. The molecular weight excluding hydrogens is 482 g/mol. The number of carbonyl (C=O) groups is 2. The highest BCUT2D eigenvalue weighted by atomic mass is 32.1. The van der Waals surface area contributed by atoms with Gasteiger partial charge in [0.1, 0.15) is 13.2 Å². The molecule has 0 aromatic carbocycles. The van der Waals surface area contributed by atoms with Crippen molar-refractivity contribution < 1.29 is 23.8 Å². The SMILES string of the molecule is O=C(CCS)OCCn1c(=O)n(CCOCCCS)c(=O)n(CCOC(=O)CCS)c1=O. The maximum atomic E-state index is 12.7. The minimum absolute atomic E-state index is 0.0784. The van der Waals surface area contributed by atoms with Gasteiger partial charge in [-0.05, 0) is 12.2 Å². The van der Waals surface area contributed by atoms with Crippen molar-refractivity contribution in [3.63, 3.8) is 0 Å². The number of rotatable bonds is 16. The minimum atomic E-state index is -0.886. The fourth-order valence-electron chi connectivity index (χ4n) is 2.51. The van der Waals surface area contributed by atoms with Crippen LogP contribution in [0.15, 0.2) is 14.4 Å². The molecule has 11 nitrogen and oxygen atoms in total. The third-order valence-corrected chi connectivity index (χ3v) is 4.84. The van der Waals surface area contributed by atoms with Crippen molar-refractivity contribution in [2.24, 2.45) is 0 Å². The largest absolute Gasteiger partial charge is 0.464 e. The summed E-state index contributed by atoms with van der Waals surface area (Å²) in [4.78, 5) is 61.3. The molecule has 0 saturated heterocycles. The Bertz CT molecular complexity index is 850. The molecule has 0 amide bonds. The molecule has 0 saturated carbocycles. The molecule has 0 unspecified atom stereocenters. The summed E-state index contributed by atoms with van der Waals surface area (Å²) in [5.74, 6) is 0.201. The summed E-state index contributed by atoms with van der Waals surface area (Å²) < 4.78 is 17.8. The zero-order valence-electron chi connectivity index (χ0n) is 17.6. The number of ether oxygens (including phenoxy) is 3. The van der Waals surface area contributed by atoms with Gasteiger partial charge in [-0.1, -0.05) is 0 Å². The van der Waals surface area contributed by atoms with Crippen LogP contribution in [0.5, 0.6) is 0 Å². The molecule has 0 N–H and O–H groups in total. The summed E-state index contributed by atoms with van der Waals surface area (Å²) in [5, 5.41) is 0. The van der Waals surface area contributed by atoms with Crippen LogP contribution in [0, 0.1) is 0 Å². The Kier molecular flexibility index (Phi) is 14.2. The third-order valence-electron chi connectivity index (χ3n) is 4.08. The predicted molar refractivity (Wildman–Crippen MR) is 127 cm³/mol. The predicted octanol–water partition coefficient (Wildman–Crippen LogP) is -0.766. The van der Waals surface area contributed by atoms with Crippen LogP contribution >= 0.6 is 37.9 Å². The van der Waals surface area contributed by atoms with Gasteiger partial charge in [0.15, 0.2) is 0 Å². The van der Waals surface area contributed by atoms with Crippen LogP contribution in [0.4, 0.5) is 0 Å². The molecule has 0 fully saturated rings. The second-order valence-electron chi connectivity index (χ2n) is 6.38. The summed E-state index contributed by atoms with van der Waals surface area (Å²) in [5.41, 5.74) is -2.57. The van der Waals surface area contributed by atoms with Crippen LogP contribution in [-0.4, -0.2) is 69.3 Å². The zero-order valence-corrected chi connectivity index (χ0v) is 20.3. The molecule has 0 atom stereocenters. The summed E-state index contributed by atoms with van der Waals surface area (Å²) in [6, 6.07) is 0. The lowest BCUT2D eigenvalue weighted by atomic mass is 10.5. The molecule has 1 rings (SSSR count). The fourth-order valence-corrected chi connectivity index (χ4v) is 3.00. The molecule has 0 aliphatic heterocycles. The van der Waals surface area contributed by atoms with Crippen LogP contribution < -0.4 is 17.1 Å². The number of hydrogen-bond acceptors (Lipinski definition) is 11. The summed E-state index contributed by atoms with van der Waals surface area (Å²) in [6.45, 7) is -0.524. The van der Waals surface area contributed by atoms with Crippen molar-refractivity contribution in [3.8, 4) is 0 Å². The molecule has 0 radical (unpaired) electrons. The molecule has 0 bridgehead atoms. The van der Waals surface area contributed by atoms with Crippen molar-refractivity contribution in [2.45, 2.75) is 38.9 Å². The molecule has 182 valence electrons. The van der Waals surface area contributed by atoms with Crippen LogP contribution in [0.25, 0.3) is 0 Å². The average Bonchev–Trinajstić information content (AvgIpc) is 2.75. The van der Waals surface area contributed by atoms with E-state index in [1.807, 2.05) is 0 Å². The van der Waals surface area contributed by atoms with E-state index in [0.717, 1.165) is 13.7 Å². The van der Waals surface area contributed by atoms with E-state index in [4.69, 9.17) is 14.2 Å². The van der Waals surface area contributed by atoms with Gasteiger partial charge in [-0.25, -0.2) is 28.1 Å². The quantitative estimate of drug-likeness (QED) is 0.150. The minimum Gasteiger partial charge on any atom is -0.464 e. The molecule has 14 heteroatoms. The van der Waals surface area contributed by atoms with Gasteiger partial charge in [0.25, 0.3) is 0 Å². The van der Waals surface area contributed by atoms with Gasteiger partial charge in [-0.15, -0.1) is 0 Å². The molecular formula is C18H29N3O8S3. The highest BCUT2D eigenvalue weighted by molar-refractivity contribution is 7.80. The van der Waals surface area contributed by atoms with Crippen LogP contribution in [0.2, 0.25) is 0 Å². The first-order valence-corrected chi connectivity index (χ1v) is 11.9. The smallest absolute Gasteiger partial charge is 0.336 e. The molecule has 0 aliphatic rings. The number of aromatic nitrogens is 3. The number of esters is 2. The first-order valence-electron chi connectivity index (χ1n) is 10.0. The van der Waals surface area contributed by atoms with Gasteiger partial charge in [0, 0.05) is 18.1 Å². The number of carbonyl (C=O) groups excluding carboxylic acids is 2. The van der Waals surface area contributed by atoms with E-state index in [0.29, 0.717) is 30.3 Å². The van der Waals surface area contributed by atoms with E-state index in [9.17, 15) is 24.0 Å². The highest BCUT2D eigenvalue weighted by Crippen LogP contribution is 1.92. The Morgan fingerprint density at radius 3 is 1.41 bits per heavy atom. The zero-order chi connectivity index (χ0) is 23.9. The molecule has 0 aliphatic carbocycles. The van der Waals surface area contributed by atoms with Crippen molar-refractivity contribution in [1.29, 1.82) is 0 Å². The van der Waals surface area contributed by atoms with E-state index < -0.39 is 29.0 Å². The lowest BCUT2D eigenvalue weighted by Crippen LogP contribution is -2.55. The van der Waals surface area contributed by atoms with Crippen LogP contribution in [-0.2, 0) is 43.4 Å². The monoisotopic (exact) mass is 511 g/mol. The van der Waals surface area contributed by atoms with Gasteiger partial charge < -0.3 is 14.2 Å². The second kappa shape index (κ2) is 16.0. The lowest BCUT2D eigenvalue weighted by Gasteiger charge is -2.14. The Morgan fingerprint density at radius 1 is 0.625 bits per heavy atom. The maximum absolute atomic E-state index is 12.7. The van der Waals surface area contributed by atoms with Gasteiger partial charge in [-0.2, -0.15) is 37.9 Å². The van der Waals surface area contributed by atoms with Gasteiger partial charge in [-0.3, -0.25) is 9.59 Å². The number of thiol groups is 3. The molecule has 1 aromatic rings. The van der Waals surface area contributed by atoms with E-state index in [1.54, 1.807) is 0 Å². The van der Waals surface area contributed by atoms with Gasteiger partial charge >= 0.3 is 29.0 Å². The molecule has 1 heterocycles. The van der Waals surface area contributed by atoms with Crippen LogP contribution in [0.3, 0.4) is 0 Å². The summed E-state index contributed by atoms with van der Waals surface area (Å²) >= 11 is 11.9. The third kappa shape index (κ3) is 9.46. The van der Waals surface area contributed by atoms with Crippen molar-refractivity contribution >= 4 is 49.8 Å². The van der Waals surface area contributed by atoms with E-state index in [1.165, 1.54) is 0 Å². The number of nitrogens with zero attached hydrogens (tertiary/aromatic N) is 3. The van der Waals surface area contributed by atoms with Crippen molar-refractivity contribution in [2.75, 3.05) is 43.7 Å². The van der Waals surface area contributed by atoms with E-state index in [2.05, 4.69) is 37.9 Å². The van der Waals surface area contributed by atoms with Gasteiger partial charge in [0.2, 0.25) is 0 Å². The van der Waals surface area contributed by atoms with Crippen molar-refractivity contribution in [3.05, 3.63) is 31.5 Å². The van der Waals surface area contributed by atoms with Gasteiger partial charge in [0.05, 0.1) is 39.1 Å². The molecule has 32 heavy (non-hydrogen) atoms. The Hall–Kier alpha value is -1.64. The highest BCUT2D eigenvalue weighted by Gasteiger charge is 2.16. The second-order valence-corrected chi connectivity index (χ2v) is 7.72. The summed E-state index contributed by atoms with van der Waals surface area (Å²) in [6.07, 6.45) is 0.878. The average molecular weight is 512 g/mol. The Balaban J connectivity index is 3.08. The Labute approximate surface area is 201 Å². The standard InChI is InChI=1S/C18H29N3O8S3/c22-14(2-12-31)28-9-5-20-16(24)19(4-8-27-7-1-11-30)17(25)21(18(20)26)6-10-29-15(23)3-13-32/h30-32H,1-13H2. The normalized spacial score (nSPS) is 10.8. The van der Waals surface area contributed by atoms with E-state index >= 15 is 0 Å². The van der Waals surface area contributed by atoms with Crippen molar-refractivity contribution in [1.82, 2.24) is 13.7 Å². The van der Waals surface area contributed by atoms with E-state index in [-0.39, 0.29) is 52.3 Å². The lowest BCUT2D eigenvalue weighted by molar-refractivity contribution is -0.144. The first-order chi connectivity index (χ1) is 15.4. The summed E-state index contributed by atoms with van der Waals surface area (Å²) in [7, 11) is 0. The molecule has 0 spiro atoms.